The molecule has 0 saturated heterocycles. The fourth-order valence-corrected chi connectivity index (χ4v) is 1.72. The summed E-state index contributed by atoms with van der Waals surface area (Å²) >= 11 is 0. The number of hydrogen-bond donors (Lipinski definition) is 1. The quantitative estimate of drug-likeness (QED) is 0.667. The number of benzene rings is 1. The van der Waals surface area contributed by atoms with Crippen LogP contribution < -0.4 is 5.32 Å². The summed E-state index contributed by atoms with van der Waals surface area (Å²) in [5, 5.41) is 17.5. The van der Waals surface area contributed by atoms with Crippen molar-refractivity contribution in [1.82, 2.24) is 10.1 Å². The van der Waals surface area contributed by atoms with Crippen molar-refractivity contribution >= 4 is 11.4 Å². The summed E-state index contributed by atoms with van der Waals surface area (Å²) in [5.41, 5.74) is 0.319. The molecule has 7 nitrogen and oxygen atoms in total. The van der Waals surface area contributed by atoms with Gasteiger partial charge in [0, 0.05) is 19.9 Å². The Bertz CT molecular complexity index is 642. The van der Waals surface area contributed by atoms with Crippen LogP contribution in [0.3, 0.4) is 0 Å². The molecule has 0 bridgehead atoms. The Labute approximate surface area is 114 Å². The molecule has 0 aliphatic rings. The summed E-state index contributed by atoms with van der Waals surface area (Å²) in [4.78, 5) is 14.3. The molecule has 0 unspecified atom stereocenters. The van der Waals surface area contributed by atoms with E-state index in [-0.39, 0.29) is 11.4 Å². The van der Waals surface area contributed by atoms with Gasteiger partial charge >= 0.3 is 0 Å². The fourth-order valence-electron chi connectivity index (χ4n) is 1.72. The standard InChI is InChI=1S/C12H13FN4O3/c1-7-5-10(11(17(18)19)6-9(7)13)14-4-3-12-15-8(2)20-16-12/h5-6,14H,3-4H2,1-2H3. The van der Waals surface area contributed by atoms with Crippen LogP contribution in [-0.2, 0) is 6.42 Å². The SMILES string of the molecule is Cc1nc(CCNc2cc(C)c(F)cc2[N+](=O)[O-])no1. The first kappa shape index (κ1) is 13.9. The normalized spacial score (nSPS) is 10.6. The molecule has 0 spiro atoms. The Morgan fingerprint density at radius 3 is 2.80 bits per heavy atom. The predicted molar refractivity (Wildman–Crippen MR) is 69.0 cm³/mol. The van der Waals surface area contributed by atoms with Gasteiger partial charge in [0.05, 0.1) is 11.0 Å². The van der Waals surface area contributed by atoms with Crippen molar-refractivity contribution in [2.45, 2.75) is 20.3 Å². The number of aromatic nitrogens is 2. The Morgan fingerprint density at radius 2 is 2.20 bits per heavy atom. The second kappa shape index (κ2) is 5.64. The summed E-state index contributed by atoms with van der Waals surface area (Å²) in [6, 6.07) is 2.32. The maximum atomic E-state index is 13.3. The summed E-state index contributed by atoms with van der Waals surface area (Å²) < 4.78 is 18.2. The number of aryl methyl sites for hydroxylation is 2. The van der Waals surface area contributed by atoms with E-state index in [1.807, 2.05) is 0 Å². The van der Waals surface area contributed by atoms with Crippen LogP contribution in [0, 0.1) is 29.8 Å². The van der Waals surface area contributed by atoms with Gasteiger partial charge in [-0.15, -0.1) is 0 Å². The van der Waals surface area contributed by atoms with Gasteiger partial charge in [-0.3, -0.25) is 10.1 Å². The average Bonchev–Trinajstić information content (AvgIpc) is 2.79. The molecular formula is C12H13FN4O3. The van der Waals surface area contributed by atoms with Crippen LogP contribution >= 0.6 is 0 Å². The van der Waals surface area contributed by atoms with Crippen molar-refractivity contribution in [2.24, 2.45) is 0 Å². The van der Waals surface area contributed by atoms with E-state index in [0.29, 0.717) is 30.2 Å². The van der Waals surface area contributed by atoms with Gasteiger partial charge in [-0.1, -0.05) is 5.16 Å². The van der Waals surface area contributed by atoms with E-state index in [1.54, 1.807) is 13.8 Å². The Kier molecular flexibility index (Phi) is 3.92. The molecule has 0 saturated carbocycles. The highest BCUT2D eigenvalue weighted by atomic mass is 19.1. The number of rotatable bonds is 5. The number of nitro benzene ring substituents is 1. The molecular weight excluding hydrogens is 267 g/mol. The zero-order valence-electron chi connectivity index (χ0n) is 11.0. The van der Waals surface area contributed by atoms with Crippen molar-refractivity contribution in [3.05, 3.63) is 45.3 Å². The van der Waals surface area contributed by atoms with Crippen LogP contribution in [0.2, 0.25) is 0 Å². The second-order valence-electron chi connectivity index (χ2n) is 4.28. The molecule has 2 aromatic rings. The number of nitrogens with zero attached hydrogens (tertiary/aromatic N) is 3. The lowest BCUT2D eigenvalue weighted by Crippen LogP contribution is -2.08. The molecule has 0 atom stereocenters. The Balaban J connectivity index is 2.08. The van der Waals surface area contributed by atoms with Gasteiger partial charge in [0.15, 0.2) is 5.82 Å². The third kappa shape index (κ3) is 3.08. The summed E-state index contributed by atoms with van der Waals surface area (Å²) in [5.74, 6) is 0.371. The van der Waals surface area contributed by atoms with Crippen molar-refractivity contribution in [1.29, 1.82) is 0 Å². The van der Waals surface area contributed by atoms with Gasteiger partial charge in [-0.05, 0) is 18.6 Å². The minimum atomic E-state index is -0.622. The van der Waals surface area contributed by atoms with Crippen molar-refractivity contribution in [2.75, 3.05) is 11.9 Å². The van der Waals surface area contributed by atoms with Gasteiger partial charge in [0.2, 0.25) is 5.89 Å². The number of hydrogen-bond acceptors (Lipinski definition) is 6. The van der Waals surface area contributed by atoms with E-state index in [1.165, 1.54) is 6.07 Å². The Hall–Kier alpha value is -2.51. The molecule has 0 aliphatic heterocycles. The molecule has 8 heteroatoms. The predicted octanol–water partition coefficient (Wildman–Crippen LogP) is 2.39. The maximum absolute atomic E-state index is 13.3. The third-order valence-corrected chi connectivity index (χ3v) is 2.71. The smallest absolute Gasteiger partial charge is 0.295 e. The van der Waals surface area contributed by atoms with Crippen molar-refractivity contribution in [3.8, 4) is 0 Å². The first-order valence-electron chi connectivity index (χ1n) is 5.95. The number of halogens is 1. The third-order valence-electron chi connectivity index (χ3n) is 2.71. The molecule has 0 fully saturated rings. The minimum absolute atomic E-state index is 0.272. The monoisotopic (exact) mass is 280 g/mol. The lowest BCUT2D eigenvalue weighted by Gasteiger charge is -2.07. The van der Waals surface area contributed by atoms with Crippen LogP contribution in [0.4, 0.5) is 15.8 Å². The number of nitro groups is 1. The van der Waals surface area contributed by atoms with Crippen LogP contribution in [-0.4, -0.2) is 21.6 Å². The molecule has 0 aliphatic carbocycles. The first-order chi connectivity index (χ1) is 9.47. The van der Waals surface area contributed by atoms with E-state index in [0.717, 1.165) is 6.07 Å². The van der Waals surface area contributed by atoms with E-state index < -0.39 is 10.7 Å². The summed E-state index contributed by atoms with van der Waals surface area (Å²) in [6.07, 6.45) is 0.449. The first-order valence-corrected chi connectivity index (χ1v) is 5.95. The molecule has 106 valence electrons. The van der Waals surface area contributed by atoms with Crippen molar-refractivity contribution < 1.29 is 13.8 Å². The van der Waals surface area contributed by atoms with Crippen molar-refractivity contribution in [3.63, 3.8) is 0 Å². The zero-order valence-corrected chi connectivity index (χ0v) is 11.0. The van der Waals surface area contributed by atoms with E-state index >= 15 is 0 Å². The highest BCUT2D eigenvalue weighted by Gasteiger charge is 2.16. The molecule has 2 rings (SSSR count). The zero-order chi connectivity index (χ0) is 14.7. The average molecular weight is 280 g/mol. The lowest BCUT2D eigenvalue weighted by molar-refractivity contribution is -0.384. The fraction of sp³-hybridized carbons (Fsp3) is 0.333. The van der Waals surface area contributed by atoms with Crippen LogP contribution in [0.25, 0.3) is 0 Å². The van der Waals surface area contributed by atoms with E-state index in [9.17, 15) is 14.5 Å². The van der Waals surface area contributed by atoms with Gasteiger partial charge in [0.25, 0.3) is 5.69 Å². The van der Waals surface area contributed by atoms with Gasteiger partial charge < -0.3 is 9.84 Å². The number of nitrogens with one attached hydrogen (secondary N) is 1. The molecule has 20 heavy (non-hydrogen) atoms. The molecule has 1 N–H and O–H groups in total. The Morgan fingerprint density at radius 1 is 1.45 bits per heavy atom. The van der Waals surface area contributed by atoms with Crippen LogP contribution in [0.5, 0.6) is 0 Å². The largest absolute Gasteiger partial charge is 0.379 e. The van der Waals surface area contributed by atoms with Gasteiger partial charge in [-0.2, -0.15) is 4.98 Å². The summed E-state index contributed by atoms with van der Waals surface area (Å²) in [6.45, 7) is 3.61. The maximum Gasteiger partial charge on any atom is 0.295 e. The lowest BCUT2D eigenvalue weighted by atomic mass is 10.1. The number of anilines is 1. The molecule has 1 aromatic heterocycles. The molecule has 0 radical (unpaired) electrons. The van der Waals surface area contributed by atoms with Crippen LogP contribution in [0.15, 0.2) is 16.7 Å². The summed E-state index contributed by atoms with van der Waals surface area (Å²) in [7, 11) is 0. The van der Waals surface area contributed by atoms with Gasteiger partial charge in [-0.25, -0.2) is 4.39 Å². The minimum Gasteiger partial charge on any atom is -0.379 e. The van der Waals surface area contributed by atoms with E-state index in [4.69, 9.17) is 4.52 Å². The molecule has 0 amide bonds. The van der Waals surface area contributed by atoms with E-state index in [2.05, 4.69) is 15.5 Å². The molecule has 1 heterocycles. The second-order valence-corrected chi connectivity index (χ2v) is 4.28. The molecule has 1 aromatic carbocycles. The van der Waals surface area contributed by atoms with Gasteiger partial charge in [0.1, 0.15) is 11.5 Å². The highest BCUT2D eigenvalue weighted by Crippen LogP contribution is 2.27. The van der Waals surface area contributed by atoms with Crippen LogP contribution in [0.1, 0.15) is 17.3 Å². The highest BCUT2D eigenvalue weighted by molar-refractivity contribution is 5.63. The topological polar surface area (TPSA) is 94.1 Å².